The molecule has 33 heavy (non-hydrogen) atoms. The summed E-state index contributed by atoms with van der Waals surface area (Å²) in [4.78, 5) is 12.4. The summed E-state index contributed by atoms with van der Waals surface area (Å²) in [6.45, 7) is 0. The van der Waals surface area contributed by atoms with E-state index < -0.39 is 0 Å². The lowest BCUT2D eigenvalue weighted by Crippen LogP contribution is -1.99. The summed E-state index contributed by atoms with van der Waals surface area (Å²) in [5.74, 6) is 0. The maximum absolute atomic E-state index is 12.4. The zero-order valence-corrected chi connectivity index (χ0v) is 17.7. The van der Waals surface area contributed by atoms with E-state index in [9.17, 15) is 4.79 Å². The molecule has 0 spiro atoms. The molecule has 0 atom stereocenters. The molecule has 1 aromatic heterocycles. The van der Waals surface area contributed by atoms with Crippen molar-refractivity contribution in [2.24, 2.45) is 0 Å². The second kappa shape index (κ2) is 6.78. The van der Waals surface area contributed by atoms with Gasteiger partial charge in [0.2, 0.25) is 0 Å². The predicted molar refractivity (Wildman–Crippen MR) is 138 cm³/mol. The first-order valence-electron chi connectivity index (χ1n) is 11.1. The van der Waals surface area contributed by atoms with Crippen LogP contribution in [0, 0.1) is 0 Å². The van der Waals surface area contributed by atoms with Gasteiger partial charge in [-0.25, -0.2) is 4.79 Å². The van der Waals surface area contributed by atoms with Crippen LogP contribution in [-0.4, -0.2) is 0 Å². The van der Waals surface area contributed by atoms with E-state index in [1.54, 1.807) is 0 Å². The molecule has 0 amide bonds. The van der Waals surface area contributed by atoms with Crippen molar-refractivity contribution in [1.82, 2.24) is 0 Å². The van der Waals surface area contributed by atoms with E-state index >= 15 is 0 Å². The van der Waals surface area contributed by atoms with Crippen LogP contribution in [0.5, 0.6) is 0 Å². The molecule has 154 valence electrons. The predicted octanol–water partition coefficient (Wildman–Crippen LogP) is 8.07. The van der Waals surface area contributed by atoms with E-state index in [1.807, 2.05) is 36.4 Å². The Hall–Kier alpha value is -4.43. The van der Waals surface area contributed by atoms with Gasteiger partial charge in [0.15, 0.2) is 0 Å². The van der Waals surface area contributed by atoms with Gasteiger partial charge >= 0.3 is 5.63 Å². The van der Waals surface area contributed by atoms with Gasteiger partial charge < -0.3 is 4.42 Å². The molecule has 2 heteroatoms. The summed E-state index contributed by atoms with van der Waals surface area (Å²) in [7, 11) is 0. The second-order valence-corrected chi connectivity index (χ2v) is 8.50. The fourth-order valence-corrected chi connectivity index (χ4v) is 5.15. The molecule has 2 nitrogen and oxygen atoms in total. The van der Waals surface area contributed by atoms with Gasteiger partial charge in [0.25, 0.3) is 0 Å². The quantitative estimate of drug-likeness (QED) is 0.198. The van der Waals surface area contributed by atoms with Crippen LogP contribution in [0.1, 0.15) is 0 Å². The maximum atomic E-state index is 12.4. The molecule has 0 aliphatic rings. The minimum atomic E-state index is -0.296. The Morgan fingerprint density at radius 3 is 1.42 bits per heavy atom. The molecule has 1 heterocycles. The zero-order chi connectivity index (χ0) is 21.9. The Morgan fingerprint density at radius 1 is 0.394 bits per heavy atom. The van der Waals surface area contributed by atoms with Crippen LogP contribution in [0.4, 0.5) is 0 Å². The van der Waals surface area contributed by atoms with Crippen molar-refractivity contribution in [3.05, 3.63) is 120 Å². The topological polar surface area (TPSA) is 30.2 Å². The van der Waals surface area contributed by atoms with Crippen LogP contribution < -0.4 is 5.63 Å². The lowest BCUT2D eigenvalue weighted by molar-refractivity contribution is 0.570. The summed E-state index contributed by atoms with van der Waals surface area (Å²) < 4.78 is 5.59. The third kappa shape index (κ3) is 2.64. The zero-order valence-electron chi connectivity index (χ0n) is 17.7. The summed E-state index contributed by atoms with van der Waals surface area (Å²) in [6.07, 6.45) is 0. The molecular formula is C31H18O2. The van der Waals surface area contributed by atoms with E-state index in [1.165, 1.54) is 32.3 Å². The third-order valence-corrected chi connectivity index (χ3v) is 6.70. The van der Waals surface area contributed by atoms with Gasteiger partial charge in [0.05, 0.1) is 5.39 Å². The van der Waals surface area contributed by atoms with E-state index in [2.05, 4.69) is 72.8 Å². The van der Waals surface area contributed by atoms with Crippen molar-refractivity contribution in [3.8, 4) is 11.1 Å². The van der Waals surface area contributed by atoms with Crippen molar-refractivity contribution >= 4 is 54.1 Å². The maximum Gasteiger partial charge on any atom is 0.344 e. The molecule has 0 N–H and O–H groups in total. The Balaban J connectivity index is 1.55. The second-order valence-electron chi connectivity index (χ2n) is 8.50. The van der Waals surface area contributed by atoms with Crippen molar-refractivity contribution in [1.29, 1.82) is 0 Å². The van der Waals surface area contributed by atoms with Crippen LogP contribution in [0.3, 0.4) is 0 Å². The highest BCUT2D eigenvalue weighted by Crippen LogP contribution is 2.37. The number of hydrogen-bond donors (Lipinski definition) is 0. The van der Waals surface area contributed by atoms with Gasteiger partial charge in [-0.2, -0.15) is 0 Å². The minimum absolute atomic E-state index is 0.296. The molecule has 0 aliphatic carbocycles. The molecule has 0 saturated carbocycles. The normalized spacial score (nSPS) is 11.8. The minimum Gasteiger partial charge on any atom is -0.422 e. The lowest BCUT2D eigenvalue weighted by atomic mass is 9.92. The summed E-state index contributed by atoms with van der Waals surface area (Å²) in [5, 5.41) is 10.0. The van der Waals surface area contributed by atoms with Gasteiger partial charge in [-0.3, -0.25) is 0 Å². The van der Waals surface area contributed by atoms with Gasteiger partial charge in [-0.1, -0.05) is 84.9 Å². The standard InChI is InChI=1S/C31H18O2/c32-31-27-12-6-5-11-25(27)29-18-20(14-16-30(29)33-31)19-13-15-26-23-9-2-1-7-21(23)22-8-3-4-10-24(22)28(26)17-19/h1-18H. The molecule has 6 aromatic carbocycles. The van der Waals surface area contributed by atoms with Crippen molar-refractivity contribution < 1.29 is 4.42 Å². The average molecular weight is 422 g/mol. The molecule has 0 aliphatic heterocycles. The van der Waals surface area contributed by atoms with Crippen LogP contribution in [0.15, 0.2) is 118 Å². The highest BCUT2D eigenvalue weighted by atomic mass is 16.4. The lowest BCUT2D eigenvalue weighted by Gasteiger charge is -2.12. The fourth-order valence-electron chi connectivity index (χ4n) is 5.15. The molecule has 7 aromatic rings. The highest BCUT2D eigenvalue weighted by molar-refractivity contribution is 6.25. The summed E-state index contributed by atoms with van der Waals surface area (Å²) >= 11 is 0. The highest BCUT2D eigenvalue weighted by Gasteiger charge is 2.11. The summed E-state index contributed by atoms with van der Waals surface area (Å²) in [5.41, 5.74) is 2.55. The molecule has 0 radical (unpaired) electrons. The average Bonchev–Trinajstić information content (AvgIpc) is 2.89. The Labute approximate surface area is 189 Å². The van der Waals surface area contributed by atoms with Crippen LogP contribution in [0.25, 0.3) is 65.2 Å². The van der Waals surface area contributed by atoms with E-state index in [0.29, 0.717) is 11.0 Å². The molecule has 0 unspecified atom stereocenters. The van der Waals surface area contributed by atoms with Gasteiger partial charge in [0, 0.05) is 5.39 Å². The van der Waals surface area contributed by atoms with E-state index in [-0.39, 0.29) is 5.63 Å². The Morgan fingerprint density at radius 2 is 0.818 bits per heavy atom. The first-order chi connectivity index (χ1) is 16.3. The van der Waals surface area contributed by atoms with Crippen molar-refractivity contribution in [2.45, 2.75) is 0 Å². The van der Waals surface area contributed by atoms with Crippen molar-refractivity contribution in [2.75, 3.05) is 0 Å². The Kier molecular flexibility index (Phi) is 3.73. The molecular weight excluding hydrogens is 404 g/mol. The first-order valence-corrected chi connectivity index (χ1v) is 11.1. The first kappa shape index (κ1) is 18.2. The van der Waals surface area contributed by atoms with Crippen LogP contribution >= 0.6 is 0 Å². The third-order valence-electron chi connectivity index (χ3n) is 6.70. The van der Waals surface area contributed by atoms with Crippen LogP contribution in [0.2, 0.25) is 0 Å². The van der Waals surface area contributed by atoms with Crippen LogP contribution in [-0.2, 0) is 0 Å². The van der Waals surface area contributed by atoms with E-state index in [4.69, 9.17) is 4.42 Å². The number of rotatable bonds is 1. The largest absolute Gasteiger partial charge is 0.422 e. The molecule has 0 bridgehead atoms. The number of fused-ring (bicyclic) bond motifs is 9. The Bertz CT molecular complexity index is 1910. The monoisotopic (exact) mass is 422 g/mol. The number of benzene rings is 6. The fraction of sp³-hybridized carbons (Fsp3) is 0. The van der Waals surface area contributed by atoms with Gasteiger partial charge in [0.1, 0.15) is 5.58 Å². The summed E-state index contributed by atoms with van der Waals surface area (Å²) in [6, 6.07) is 37.6. The van der Waals surface area contributed by atoms with Gasteiger partial charge in [-0.05, 0) is 73.1 Å². The molecule has 0 saturated heterocycles. The molecule has 0 fully saturated rings. The van der Waals surface area contributed by atoms with Gasteiger partial charge in [-0.15, -0.1) is 0 Å². The SMILES string of the molecule is O=c1oc2ccc(-c3ccc4c5ccccc5c5ccccc5c4c3)cc2c2ccccc12. The smallest absolute Gasteiger partial charge is 0.344 e. The molecule has 7 rings (SSSR count). The van der Waals surface area contributed by atoms with Crippen molar-refractivity contribution in [3.63, 3.8) is 0 Å². The number of hydrogen-bond acceptors (Lipinski definition) is 2. The van der Waals surface area contributed by atoms with E-state index in [0.717, 1.165) is 21.9 Å².